The summed E-state index contributed by atoms with van der Waals surface area (Å²) in [7, 11) is -1.75. The van der Waals surface area contributed by atoms with E-state index in [1.54, 1.807) is 29.0 Å². The van der Waals surface area contributed by atoms with E-state index in [4.69, 9.17) is 4.42 Å². The minimum atomic E-state index is -1.75. The minimum absolute atomic E-state index is 0.0786. The molecule has 1 saturated heterocycles. The summed E-state index contributed by atoms with van der Waals surface area (Å²) in [5.41, 5.74) is 0.498. The summed E-state index contributed by atoms with van der Waals surface area (Å²) < 4.78 is 5.39. The molecule has 1 aliphatic heterocycles. The molecule has 0 spiro atoms. The van der Waals surface area contributed by atoms with E-state index in [1.165, 1.54) is 18.2 Å². The molecule has 8 heteroatoms. The van der Waals surface area contributed by atoms with E-state index in [2.05, 4.69) is 0 Å². The van der Waals surface area contributed by atoms with Crippen LogP contribution in [0.4, 0.5) is 0 Å². The van der Waals surface area contributed by atoms with Gasteiger partial charge in [-0.15, -0.1) is 11.8 Å². The molecule has 1 fully saturated rings. The maximum atomic E-state index is 12.7. The van der Waals surface area contributed by atoms with Crippen molar-refractivity contribution in [3.05, 3.63) is 53.5 Å². The van der Waals surface area contributed by atoms with Crippen molar-refractivity contribution in [1.82, 2.24) is 4.90 Å². The number of hydrogen-bond acceptors (Lipinski definition) is 6. The molecular weight excluding hydrogens is 317 g/mol. The monoisotopic (exact) mass is 331 g/mol. The highest BCUT2D eigenvalue weighted by Crippen LogP contribution is 2.38. The first-order valence-corrected chi connectivity index (χ1v) is 8.08. The number of hydrogen-bond donors (Lipinski definition) is 2. The first kappa shape index (κ1) is 15.9. The minimum Gasteiger partial charge on any atom is -0.466 e. The van der Waals surface area contributed by atoms with Gasteiger partial charge in [-0.05, 0) is 29.7 Å². The number of rotatable bonds is 4. The molecule has 0 radical (unpaired) electrons. The van der Waals surface area contributed by atoms with Crippen molar-refractivity contribution in [1.29, 1.82) is 0 Å². The molecule has 0 bridgehead atoms. The van der Waals surface area contributed by atoms with Crippen molar-refractivity contribution < 1.29 is 24.1 Å². The van der Waals surface area contributed by atoms with Gasteiger partial charge in [0.15, 0.2) is 0 Å². The highest BCUT2D eigenvalue weighted by Gasteiger charge is 2.33. The number of benzene rings is 1. The molecule has 2 N–H and O–H groups in total. The van der Waals surface area contributed by atoms with Crippen molar-refractivity contribution in [3.8, 4) is 0 Å². The van der Waals surface area contributed by atoms with Gasteiger partial charge in [0, 0.05) is 23.4 Å². The third-order valence-corrected chi connectivity index (χ3v) is 4.90. The molecule has 0 aliphatic carbocycles. The quantitative estimate of drug-likeness (QED) is 0.632. The third-order valence-electron chi connectivity index (χ3n) is 3.68. The standard InChI is InChI=1S/C15H14BNO5S/c18-9-11-8-10(3-4-12(11)16(20)21)14(19)17-5-7-23-15(17)13-2-1-6-22-13/h1-4,6,8-9,15,20-21H,5,7H2. The summed E-state index contributed by atoms with van der Waals surface area (Å²) in [6.07, 6.45) is 2.08. The molecule has 3 rings (SSSR count). The lowest BCUT2D eigenvalue weighted by Gasteiger charge is -2.22. The maximum absolute atomic E-state index is 12.7. The van der Waals surface area contributed by atoms with Crippen molar-refractivity contribution in [2.75, 3.05) is 12.3 Å². The van der Waals surface area contributed by atoms with Crippen LogP contribution >= 0.6 is 11.8 Å². The van der Waals surface area contributed by atoms with Crippen molar-refractivity contribution in [2.45, 2.75) is 5.37 Å². The summed E-state index contributed by atoms with van der Waals surface area (Å²) in [5, 5.41) is 18.3. The van der Waals surface area contributed by atoms with E-state index in [0.717, 1.165) is 5.75 Å². The summed E-state index contributed by atoms with van der Waals surface area (Å²) in [6.45, 7) is 0.579. The summed E-state index contributed by atoms with van der Waals surface area (Å²) >= 11 is 1.61. The smallest absolute Gasteiger partial charge is 0.466 e. The van der Waals surface area contributed by atoms with Gasteiger partial charge in [-0.2, -0.15) is 0 Å². The number of carbonyl (C=O) groups excluding carboxylic acids is 2. The average Bonchev–Trinajstić information content (AvgIpc) is 3.23. The maximum Gasteiger partial charge on any atom is 0.489 e. The Morgan fingerprint density at radius 1 is 1.39 bits per heavy atom. The SMILES string of the molecule is O=Cc1cc(C(=O)N2CCSC2c2ccco2)ccc1B(O)O. The highest BCUT2D eigenvalue weighted by atomic mass is 32.2. The van der Waals surface area contributed by atoms with E-state index < -0.39 is 7.12 Å². The second kappa shape index (κ2) is 6.61. The highest BCUT2D eigenvalue weighted by molar-refractivity contribution is 7.99. The molecule has 0 saturated carbocycles. The molecule has 1 amide bonds. The predicted octanol–water partition coefficient (Wildman–Crippen LogP) is 0.660. The molecule has 1 unspecified atom stereocenters. The van der Waals surface area contributed by atoms with Crippen LogP contribution in [-0.4, -0.2) is 46.6 Å². The Morgan fingerprint density at radius 2 is 2.22 bits per heavy atom. The average molecular weight is 331 g/mol. The number of furan rings is 1. The molecule has 23 heavy (non-hydrogen) atoms. The Kier molecular flexibility index (Phi) is 4.56. The number of thioether (sulfide) groups is 1. The van der Waals surface area contributed by atoms with Crippen LogP contribution in [-0.2, 0) is 0 Å². The van der Waals surface area contributed by atoms with Gasteiger partial charge in [0.25, 0.3) is 5.91 Å². The van der Waals surface area contributed by atoms with E-state index >= 15 is 0 Å². The fourth-order valence-corrected chi connectivity index (χ4v) is 3.76. The van der Waals surface area contributed by atoms with Gasteiger partial charge in [-0.25, -0.2) is 0 Å². The normalized spacial score (nSPS) is 17.3. The van der Waals surface area contributed by atoms with Gasteiger partial charge in [-0.1, -0.05) is 6.07 Å². The molecule has 2 aromatic rings. The summed E-state index contributed by atoms with van der Waals surface area (Å²) in [6, 6.07) is 7.86. The Morgan fingerprint density at radius 3 is 2.87 bits per heavy atom. The number of amides is 1. The molecule has 1 aromatic heterocycles. The zero-order valence-corrected chi connectivity index (χ0v) is 12.9. The van der Waals surface area contributed by atoms with E-state index in [1.807, 2.05) is 6.07 Å². The van der Waals surface area contributed by atoms with Crippen LogP contribution < -0.4 is 5.46 Å². The van der Waals surface area contributed by atoms with Gasteiger partial charge in [0.05, 0.1) is 6.26 Å². The van der Waals surface area contributed by atoms with Gasteiger partial charge >= 0.3 is 7.12 Å². The Balaban J connectivity index is 1.89. The molecule has 1 atom stereocenters. The number of aldehydes is 1. The molecule has 1 aromatic carbocycles. The number of carbonyl (C=O) groups is 2. The van der Waals surface area contributed by atoms with Gasteiger partial charge in [-0.3, -0.25) is 9.59 Å². The van der Waals surface area contributed by atoms with Crippen LogP contribution in [0.25, 0.3) is 0 Å². The van der Waals surface area contributed by atoms with Crippen LogP contribution in [0.2, 0.25) is 0 Å². The zero-order valence-electron chi connectivity index (χ0n) is 12.1. The lowest BCUT2D eigenvalue weighted by atomic mass is 9.77. The lowest BCUT2D eigenvalue weighted by Crippen LogP contribution is -2.34. The fraction of sp³-hybridized carbons (Fsp3) is 0.200. The van der Waals surface area contributed by atoms with Gasteiger partial charge in [0.1, 0.15) is 17.4 Å². The van der Waals surface area contributed by atoms with Crippen LogP contribution in [0.5, 0.6) is 0 Å². The first-order valence-electron chi connectivity index (χ1n) is 7.03. The Bertz CT molecular complexity index is 719. The van der Waals surface area contributed by atoms with E-state index in [-0.39, 0.29) is 22.3 Å². The lowest BCUT2D eigenvalue weighted by molar-refractivity contribution is 0.0749. The van der Waals surface area contributed by atoms with Crippen LogP contribution in [0, 0.1) is 0 Å². The van der Waals surface area contributed by atoms with Crippen molar-refractivity contribution >= 4 is 36.5 Å². The molecule has 6 nitrogen and oxygen atoms in total. The predicted molar refractivity (Wildman–Crippen MR) is 86.6 cm³/mol. The third kappa shape index (κ3) is 3.05. The van der Waals surface area contributed by atoms with Crippen LogP contribution in [0.15, 0.2) is 41.0 Å². The van der Waals surface area contributed by atoms with Crippen LogP contribution in [0.1, 0.15) is 31.9 Å². The van der Waals surface area contributed by atoms with Gasteiger partial charge in [0.2, 0.25) is 0 Å². The summed E-state index contributed by atoms with van der Waals surface area (Å²) in [5.74, 6) is 1.28. The fourth-order valence-electron chi connectivity index (χ4n) is 2.56. The second-order valence-electron chi connectivity index (χ2n) is 5.07. The molecule has 2 heterocycles. The summed E-state index contributed by atoms with van der Waals surface area (Å²) in [4.78, 5) is 25.5. The molecule has 118 valence electrons. The largest absolute Gasteiger partial charge is 0.489 e. The van der Waals surface area contributed by atoms with Gasteiger partial charge < -0.3 is 19.4 Å². The number of nitrogens with zero attached hydrogens (tertiary/aromatic N) is 1. The zero-order chi connectivity index (χ0) is 16.4. The topological polar surface area (TPSA) is 91.0 Å². The van der Waals surface area contributed by atoms with Crippen molar-refractivity contribution in [2.24, 2.45) is 0 Å². The van der Waals surface area contributed by atoms with E-state index in [0.29, 0.717) is 24.2 Å². The molecular formula is C15H14BNO5S. The Labute approximate surface area is 137 Å². The second-order valence-corrected chi connectivity index (χ2v) is 6.26. The van der Waals surface area contributed by atoms with Crippen LogP contribution in [0.3, 0.4) is 0 Å². The van der Waals surface area contributed by atoms with E-state index in [9.17, 15) is 19.6 Å². The first-order chi connectivity index (χ1) is 11.1. The Hall–Kier alpha value is -2.03. The molecule has 1 aliphatic rings. The van der Waals surface area contributed by atoms with Crippen molar-refractivity contribution in [3.63, 3.8) is 0 Å².